The van der Waals surface area contributed by atoms with E-state index in [1.807, 2.05) is 11.0 Å². The average Bonchev–Trinajstić information content (AvgIpc) is 2.99. The van der Waals surface area contributed by atoms with Crippen LogP contribution in [0.15, 0.2) is 12.1 Å². The fraction of sp³-hybridized carbons (Fsp3) is 0.588. The second-order valence-corrected chi connectivity index (χ2v) is 7.21. The SMILES string of the molecule is CC1c2cc(Cl)cc(Cl)c2CCN1C(=O)CCC1CCNC1.Cl. The lowest BCUT2D eigenvalue weighted by molar-refractivity contribution is -0.134. The van der Waals surface area contributed by atoms with E-state index in [4.69, 9.17) is 23.2 Å². The molecule has 2 atom stereocenters. The zero-order chi connectivity index (χ0) is 15.7. The first-order chi connectivity index (χ1) is 10.6. The number of carbonyl (C=O) groups excluding carboxylic acids is 1. The van der Waals surface area contributed by atoms with Gasteiger partial charge in [-0.25, -0.2) is 0 Å². The maximum absolute atomic E-state index is 12.6. The molecule has 128 valence electrons. The Morgan fingerprint density at radius 3 is 2.87 bits per heavy atom. The molecule has 1 aromatic carbocycles. The molecule has 3 rings (SSSR count). The minimum Gasteiger partial charge on any atom is -0.336 e. The topological polar surface area (TPSA) is 32.3 Å². The number of carbonyl (C=O) groups is 1. The molecule has 0 bridgehead atoms. The maximum Gasteiger partial charge on any atom is 0.223 e. The molecule has 2 aliphatic rings. The van der Waals surface area contributed by atoms with E-state index < -0.39 is 0 Å². The number of nitrogens with zero attached hydrogens (tertiary/aromatic N) is 1. The van der Waals surface area contributed by atoms with Crippen LogP contribution in [0.25, 0.3) is 0 Å². The smallest absolute Gasteiger partial charge is 0.223 e. The lowest BCUT2D eigenvalue weighted by atomic mass is 9.92. The highest BCUT2D eigenvalue weighted by molar-refractivity contribution is 6.35. The highest BCUT2D eigenvalue weighted by Crippen LogP contribution is 2.36. The van der Waals surface area contributed by atoms with Crippen LogP contribution in [0, 0.1) is 5.92 Å². The fourth-order valence-electron chi connectivity index (χ4n) is 3.63. The second kappa shape index (κ2) is 8.06. The molecule has 23 heavy (non-hydrogen) atoms. The summed E-state index contributed by atoms with van der Waals surface area (Å²) in [4.78, 5) is 14.6. The normalized spacial score (nSPS) is 23.3. The Kier molecular flexibility index (Phi) is 6.61. The maximum atomic E-state index is 12.6. The van der Waals surface area contributed by atoms with Crippen molar-refractivity contribution in [1.29, 1.82) is 0 Å². The van der Waals surface area contributed by atoms with Crippen LogP contribution in [0.1, 0.15) is 43.4 Å². The Morgan fingerprint density at radius 2 is 2.17 bits per heavy atom. The van der Waals surface area contributed by atoms with Gasteiger partial charge in [0.25, 0.3) is 0 Å². The van der Waals surface area contributed by atoms with Crippen LogP contribution >= 0.6 is 35.6 Å². The summed E-state index contributed by atoms with van der Waals surface area (Å²) >= 11 is 12.4. The van der Waals surface area contributed by atoms with Gasteiger partial charge >= 0.3 is 0 Å². The van der Waals surface area contributed by atoms with E-state index >= 15 is 0 Å². The Labute approximate surface area is 154 Å². The standard InChI is InChI=1S/C17H22Cl2N2O.ClH/c1-11-15-8-13(18)9-16(19)14(15)5-7-21(11)17(22)3-2-12-4-6-20-10-12;/h8-9,11-12,20H,2-7,10H2,1H3;1H. The van der Waals surface area contributed by atoms with E-state index in [0.717, 1.165) is 48.6 Å². The number of hydrogen-bond donors (Lipinski definition) is 1. The quantitative estimate of drug-likeness (QED) is 0.854. The van der Waals surface area contributed by atoms with Gasteiger partial charge in [0.1, 0.15) is 0 Å². The molecule has 0 aliphatic carbocycles. The van der Waals surface area contributed by atoms with Crippen molar-refractivity contribution in [2.24, 2.45) is 5.92 Å². The number of amides is 1. The van der Waals surface area contributed by atoms with Crippen LogP contribution in [-0.2, 0) is 11.2 Å². The first kappa shape index (κ1) is 18.9. The zero-order valence-corrected chi connectivity index (χ0v) is 15.6. The average molecular weight is 378 g/mol. The second-order valence-electron chi connectivity index (χ2n) is 6.37. The van der Waals surface area contributed by atoms with Gasteiger partial charge < -0.3 is 10.2 Å². The van der Waals surface area contributed by atoms with Crippen LogP contribution < -0.4 is 5.32 Å². The van der Waals surface area contributed by atoms with Crippen LogP contribution in [-0.4, -0.2) is 30.4 Å². The number of fused-ring (bicyclic) bond motifs is 1. The van der Waals surface area contributed by atoms with Crippen molar-refractivity contribution in [3.63, 3.8) is 0 Å². The van der Waals surface area contributed by atoms with E-state index in [-0.39, 0.29) is 24.4 Å². The lowest BCUT2D eigenvalue weighted by Gasteiger charge is -2.36. The van der Waals surface area contributed by atoms with Crippen molar-refractivity contribution >= 4 is 41.5 Å². The van der Waals surface area contributed by atoms with E-state index in [2.05, 4.69) is 12.2 Å². The first-order valence-corrected chi connectivity index (χ1v) is 8.80. The molecular weight excluding hydrogens is 355 g/mol. The van der Waals surface area contributed by atoms with Crippen molar-refractivity contribution in [2.45, 2.75) is 38.6 Å². The summed E-state index contributed by atoms with van der Waals surface area (Å²) in [5.41, 5.74) is 2.24. The Morgan fingerprint density at radius 1 is 1.39 bits per heavy atom. The molecule has 1 aromatic rings. The molecule has 1 N–H and O–H groups in total. The van der Waals surface area contributed by atoms with E-state index in [0.29, 0.717) is 17.4 Å². The summed E-state index contributed by atoms with van der Waals surface area (Å²) in [5.74, 6) is 0.904. The Balaban J connectivity index is 0.00000192. The molecule has 0 spiro atoms. The third-order valence-electron chi connectivity index (χ3n) is 4.96. The Hall–Kier alpha value is -0.480. The number of nitrogens with one attached hydrogen (secondary N) is 1. The monoisotopic (exact) mass is 376 g/mol. The predicted octanol–water partition coefficient (Wildman–Crippen LogP) is 4.25. The fourth-order valence-corrected chi connectivity index (χ4v) is 4.23. The molecule has 1 amide bonds. The summed E-state index contributed by atoms with van der Waals surface area (Å²) in [7, 11) is 0. The summed E-state index contributed by atoms with van der Waals surface area (Å²) in [6, 6.07) is 3.79. The van der Waals surface area contributed by atoms with E-state index in [1.165, 1.54) is 6.42 Å². The van der Waals surface area contributed by atoms with Gasteiger partial charge in [-0.1, -0.05) is 23.2 Å². The molecule has 6 heteroatoms. The van der Waals surface area contributed by atoms with Crippen molar-refractivity contribution in [3.05, 3.63) is 33.3 Å². The summed E-state index contributed by atoms with van der Waals surface area (Å²) in [6.07, 6.45) is 3.63. The molecular formula is C17H23Cl3N2O. The summed E-state index contributed by atoms with van der Waals surface area (Å²) in [6.45, 7) is 4.96. The predicted molar refractivity (Wildman–Crippen MR) is 97.8 cm³/mol. The Bertz CT molecular complexity index is 573. The van der Waals surface area contributed by atoms with Crippen LogP contribution in [0.5, 0.6) is 0 Å². The van der Waals surface area contributed by atoms with Gasteiger partial charge in [-0.15, -0.1) is 12.4 Å². The van der Waals surface area contributed by atoms with Gasteiger partial charge in [-0.2, -0.15) is 0 Å². The molecule has 0 radical (unpaired) electrons. The largest absolute Gasteiger partial charge is 0.336 e. The van der Waals surface area contributed by atoms with Gasteiger partial charge in [0.05, 0.1) is 6.04 Å². The van der Waals surface area contributed by atoms with Crippen molar-refractivity contribution in [2.75, 3.05) is 19.6 Å². The van der Waals surface area contributed by atoms with Gasteiger partial charge in [-0.3, -0.25) is 4.79 Å². The molecule has 2 heterocycles. The highest BCUT2D eigenvalue weighted by Gasteiger charge is 2.29. The van der Waals surface area contributed by atoms with Gasteiger partial charge in [-0.05, 0) is 68.5 Å². The van der Waals surface area contributed by atoms with Gasteiger partial charge in [0.2, 0.25) is 5.91 Å². The molecule has 1 fully saturated rings. The minimum atomic E-state index is 0. The number of benzene rings is 1. The number of hydrogen-bond acceptors (Lipinski definition) is 2. The summed E-state index contributed by atoms with van der Waals surface area (Å²) < 4.78 is 0. The van der Waals surface area contributed by atoms with Gasteiger partial charge in [0, 0.05) is 23.0 Å². The lowest BCUT2D eigenvalue weighted by Crippen LogP contribution is -2.39. The van der Waals surface area contributed by atoms with Crippen molar-refractivity contribution in [3.8, 4) is 0 Å². The highest BCUT2D eigenvalue weighted by atomic mass is 35.5. The first-order valence-electron chi connectivity index (χ1n) is 8.04. The van der Waals surface area contributed by atoms with Crippen molar-refractivity contribution < 1.29 is 4.79 Å². The van der Waals surface area contributed by atoms with Crippen LogP contribution in [0.4, 0.5) is 0 Å². The molecule has 2 unspecified atom stereocenters. The minimum absolute atomic E-state index is 0. The number of halogens is 3. The van der Waals surface area contributed by atoms with Gasteiger partial charge in [0.15, 0.2) is 0 Å². The zero-order valence-electron chi connectivity index (χ0n) is 13.3. The third kappa shape index (κ3) is 4.14. The van der Waals surface area contributed by atoms with Crippen LogP contribution in [0.2, 0.25) is 10.0 Å². The molecule has 3 nitrogen and oxygen atoms in total. The summed E-state index contributed by atoms with van der Waals surface area (Å²) in [5, 5.41) is 4.72. The van der Waals surface area contributed by atoms with Crippen molar-refractivity contribution in [1.82, 2.24) is 10.2 Å². The molecule has 1 saturated heterocycles. The van der Waals surface area contributed by atoms with E-state index in [1.54, 1.807) is 6.07 Å². The number of rotatable bonds is 3. The van der Waals surface area contributed by atoms with E-state index in [9.17, 15) is 4.79 Å². The third-order valence-corrected chi connectivity index (χ3v) is 5.52. The molecule has 0 saturated carbocycles. The molecule has 2 aliphatic heterocycles. The van der Waals surface area contributed by atoms with Crippen LogP contribution in [0.3, 0.4) is 0 Å². The molecule has 0 aromatic heterocycles.